The molecule has 2 saturated heterocycles. The Hall–Kier alpha value is -1.39. The predicted molar refractivity (Wildman–Crippen MR) is 77.2 cm³/mol. The van der Waals surface area contributed by atoms with E-state index >= 15 is 0 Å². The van der Waals surface area contributed by atoms with Gasteiger partial charge in [0.2, 0.25) is 0 Å². The van der Waals surface area contributed by atoms with Crippen molar-refractivity contribution < 1.29 is 9.53 Å². The molecule has 0 spiro atoms. The summed E-state index contributed by atoms with van der Waals surface area (Å²) in [5.41, 5.74) is 0.674. The second-order valence-electron chi connectivity index (χ2n) is 5.75. The van der Waals surface area contributed by atoms with Crippen LogP contribution in [0.1, 0.15) is 24.8 Å². The molecule has 2 unspecified atom stereocenters. The van der Waals surface area contributed by atoms with Crippen LogP contribution in [-0.4, -0.2) is 42.6 Å². The zero-order valence-corrected chi connectivity index (χ0v) is 12.0. The Kier molecular flexibility index (Phi) is 3.76. The Bertz CT molecular complexity index is 477. The number of carbonyl (C=O) groups is 1. The Morgan fingerprint density at radius 2 is 2.20 bits per heavy atom. The first-order valence-corrected chi connectivity index (χ1v) is 7.38. The first kappa shape index (κ1) is 13.6. The maximum atomic E-state index is 12.4. The second-order valence-corrected chi connectivity index (χ2v) is 5.75. The van der Waals surface area contributed by atoms with E-state index in [1.54, 1.807) is 0 Å². The number of hydrogen-bond acceptors (Lipinski definition) is 4. The Morgan fingerprint density at radius 3 is 2.95 bits per heavy atom. The van der Waals surface area contributed by atoms with Crippen molar-refractivity contribution in [1.29, 1.82) is 0 Å². The van der Waals surface area contributed by atoms with Gasteiger partial charge < -0.3 is 4.74 Å². The number of hydrogen-bond donors (Lipinski definition) is 1. The monoisotopic (exact) mass is 274 g/mol. The van der Waals surface area contributed by atoms with Gasteiger partial charge in [0.25, 0.3) is 0 Å². The number of ether oxygens (including phenoxy) is 1. The summed E-state index contributed by atoms with van der Waals surface area (Å²) in [5, 5.41) is 3.52. The van der Waals surface area contributed by atoms with Gasteiger partial charge in [0.1, 0.15) is 5.54 Å². The minimum absolute atomic E-state index is 0.108. The van der Waals surface area contributed by atoms with Crippen molar-refractivity contribution in [3.63, 3.8) is 0 Å². The lowest BCUT2D eigenvalue weighted by atomic mass is 9.88. The van der Waals surface area contributed by atoms with Crippen molar-refractivity contribution in [2.75, 3.05) is 20.2 Å². The number of nitrogens with one attached hydrogen (secondary N) is 1. The number of nitrogens with zero attached hydrogens (tertiary/aromatic N) is 1. The van der Waals surface area contributed by atoms with E-state index in [-0.39, 0.29) is 5.97 Å². The highest BCUT2D eigenvalue weighted by Crippen LogP contribution is 2.37. The van der Waals surface area contributed by atoms with Crippen LogP contribution in [0.15, 0.2) is 30.3 Å². The molecule has 2 heterocycles. The third-order valence-electron chi connectivity index (χ3n) is 4.73. The van der Waals surface area contributed by atoms with Crippen LogP contribution in [0.5, 0.6) is 0 Å². The van der Waals surface area contributed by atoms with E-state index in [0.29, 0.717) is 12.6 Å². The van der Waals surface area contributed by atoms with Crippen molar-refractivity contribution in [3.05, 3.63) is 35.9 Å². The predicted octanol–water partition coefficient (Wildman–Crippen LogP) is 1.56. The van der Waals surface area contributed by atoms with Crippen LogP contribution in [-0.2, 0) is 16.1 Å². The number of methoxy groups -OCH3 is 1. The minimum Gasteiger partial charge on any atom is -0.468 e. The van der Waals surface area contributed by atoms with Crippen molar-refractivity contribution in [3.8, 4) is 0 Å². The van der Waals surface area contributed by atoms with E-state index in [9.17, 15) is 4.79 Å². The molecule has 2 aliphatic rings. The third kappa shape index (κ3) is 2.23. The molecule has 1 aromatic carbocycles. The molecule has 0 bridgehead atoms. The first-order valence-electron chi connectivity index (χ1n) is 7.38. The van der Waals surface area contributed by atoms with E-state index in [1.807, 2.05) is 18.2 Å². The fourth-order valence-electron chi connectivity index (χ4n) is 3.69. The highest BCUT2D eigenvalue weighted by molar-refractivity contribution is 5.82. The fraction of sp³-hybridized carbons (Fsp3) is 0.562. The van der Waals surface area contributed by atoms with Gasteiger partial charge in [0, 0.05) is 19.1 Å². The van der Waals surface area contributed by atoms with E-state index in [0.717, 1.165) is 25.9 Å². The Balaban J connectivity index is 1.78. The molecule has 1 N–H and O–H groups in total. The molecule has 2 atom stereocenters. The summed E-state index contributed by atoms with van der Waals surface area (Å²) >= 11 is 0. The molecule has 1 aromatic rings. The summed E-state index contributed by atoms with van der Waals surface area (Å²) in [6, 6.07) is 10.5. The molecule has 2 fully saturated rings. The maximum absolute atomic E-state index is 12.4. The number of esters is 1. The van der Waals surface area contributed by atoms with Gasteiger partial charge in [-0.3, -0.25) is 10.2 Å². The van der Waals surface area contributed by atoms with Gasteiger partial charge in [0.05, 0.1) is 7.11 Å². The van der Waals surface area contributed by atoms with Crippen LogP contribution in [0.3, 0.4) is 0 Å². The van der Waals surface area contributed by atoms with Crippen molar-refractivity contribution in [2.45, 2.75) is 37.4 Å². The van der Waals surface area contributed by atoms with Gasteiger partial charge in [-0.05, 0) is 31.4 Å². The second kappa shape index (κ2) is 5.54. The standard InChI is InChI=1S/C16H22N2O2/c1-20-15(19)16(9-11-18-10-5-8-14(16)18)17-12-13-6-3-2-4-7-13/h2-4,6-7,14,17H,5,8-12H2,1H3. The maximum Gasteiger partial charge on any atom is 0.327 e. The Morgan fingerprint density at radius 1 is 1.40 bits per heavy atom. The smallest absolute Gasteiger partial charge is 0.327 e. The van der Waals surface area contributed by atoms with Gasteiger partial charge in [-0.25, -0.2) is 4.79 Å². The van der Waals surface area contributed by atoms with Crippen LogP contribution < -0.4 is 5.32 Å². The normalized spacial score (nSPS) is 29.4. The molecule has 0 amide bonds. The van der Waals surface area contributed by atoms with Gasteiger partial charge in [-0.15, -0.1) is 0 Å². The summed E-state index contributed by atoms with van der Waals surface area (Å²) in [4.78, 5) is 14.8. The zero-order valence-electron chi connectivity index (χ0n) is 12.0. The van der Waals surface area contributed by atoms with Gasteiger partial charge >= 0.3 is 5.97 Å². The number of fused-ring (bicyclic) bond motifs is 1. The summed E-state index contributed by atoms with van der Waals surface area (Å²) in [7, 11) is 1.49. The van der Waals surface area contributed by atoms with E-state index in [4.69, 9.17) is 4.74 Å². The average Bonchev–Trinajstić information content (AvgIpc) is 3.08. The summed E-state index contributed by atoms with van der Waals surface area (Å²) in [5.74, 6) is -0.108. The highest BCUT2D eigenvalue weighted by Gasteiger charge is 2.54. The van der Waals surface area contributed by atoms with Gasteiger partial charge in [-0.2, -0.15) is 0 Å². The van der Waals surface area contributed by atoms with Crippen LogP contribution in [0, 0.1) is 0 Å². The molecule has 0 aliphatic carbocycles. The third-order valence-corrected chi connectivity index (χ3v) is 4.73. The topological polar surface area (TPSA) is 41.6 Å². The molecule has 4 nitrogen and oxygen atoms in total. The molecular formula is C16H22N2O2. The summed E-state index contributed by atoms with van der Waals surface area (Å²) in [6.07, 6.45) is 3.10. The molecule has 108 valence electrons. The van der Waals surface area contributed by atoms with Crippen LogP contribution in [0.25, 0.3) is 0 Å². The quantitative estimate of drug-likeness (QED) is 0.846. The van der Waals surface area contributed by atoms with Crippen LogP contribution in [0.4, 0.5) is 0 Å². The van der Waals surface area contributed by atoms with Gasteiger partial charge in [0.15, 0.2) is 0 Å². The molecule has 2 aliphatic heterocycles. The van der Waals surface area contributed by atoms with E-state index < -0.39 is 5.54 Å². The SMILES string of the molecule is COC(=O)C1(NCc2ccccc2)CCN2CCCC21. The first-order chi connectivity index (χ1) is 9.76. The number of carbonyl (C=O) groups excluding carboxylic acids is 1. The fourth-order valence-corrected chi connectivity index (χ4v) is 3.69. The molecule has 0 saturated carbocycles. The Labute approximate surface area is 120 Å². The van der Waals surface area contributed by atoms with Gasteiger partial charge in [-0.1, -0.05) is 30.3 Å². The van der Waals surface area contributed by atoms with Crippen LogP contribution >= 0.6 is 0 Å². The molecule has 0 aromatic heterocycles. The van der Waals surface area contributed by atoms with E-state index in [1.165, 1.54) is 19.1 Å². The number of benzene rings is 1. The van der Waals surface area contributed by atoms with Crippen LogP contribution in [0.2, 0.25) is 0 Å². The van der Waals surface area contributed by atoms with Crippen molar-refractivity contribution in [2.24, 2.45) is 0 Å². The lowest BCUT2D eigenvalue weighted by Crippen LogP contribution is -2.59. The largest absolute Gasteiger partial charge is 0.468 e. The van der Waals surface area contributed by atoms with Crippen molar-refractivity contribution >= 4 is 5.97 Å². The molecule has 0 radical (unpaired) electrons. The number of rotatable bonds is 4. The van der Waals surface area contributed by atoms with Crippen molar-refractivity contribution in [1.82, 2.24) is 10.2 Å². The lowest BCUT2D eigenvalue weighted by Gasteiger charge is -2.33. The lowest BCUT2D eigenvalue weighted by molar-refractivity contribution is -0.149. The molecule has 3 rings (SSSR count). The molecule has 20 heavy (non-hydrogen) atoms. The highest BCUT2D eigenvalue weighted by atomic mass is 16.5. The summed E-state index contributed by atoms with van der Waals surface area (Å²) in [6.45, 7) is 2.80. The minimum atomic E-state index is -0.527. The summed E-state index contributed by atoms with van der Waals surface area (Å²) < 4.78 is 5.11. The van der Waals surface area contributed by atoms with E-state index in [2.05, 4.69) is 22.3 Å². The molecule has 4 heteroatoms. The average molecular weight is 274 g/mol. The molecular weight excluding hydrogens is 252 g/mol. The zero-order chi connectivity index (χ0) is 14.0.